The molecule has 4 nitrogen and oxygen atoms in total. The summed E-state index contributed by atoms with van der Waals surface area (Å²) in [5, 5.41) is 20.6. The third kappa shape index (κ3) is 4.46. The number of thiophene rings is 2. The number of hydrogen-bond acceptors (Lipinski definition) is 5. The summed E-state index contributed by atoms with van der Waals surface area (Å²) < 4.78 is 2.40. The molecule has 2 aromatic heterocycles. The number of benzene rings is 4. The normalized spacial score (nSPS) is 11.5. The van der Waals surface area contributed by atoms with Crippen LogP contribution in [0.25, 0.3) is 36.7 Å². The molecule has 0 fully saturated rings. The maximum atomic E-state index is 11.2. The lowest BCUT2D eigenvalue weighted by Gasteiger charge is -2.25. The highest BCUT2D eigenvalue weighted by Gasteiger charge is 2.15. The van der Waals surface area contributed by atoms with Gasteiger partial charge < -0.3 is 10.0 Å². The molecule has 0 spiro atoms. The molecular weight excluding hydrogens is 508 g/mol. The van der Waals surface area contributed by atoms with Gasteiger partial charge in [0.15, 0.2) is 0 Å². The van der Waals surface area contributed by atoms with Gasteiger partial charge in [0.1, 0.15) is 11.6 Å². The molecule has 0 unspecified atom stereocenters. The van der Waals surface area contributed by atoms with Gasteiger partial charge in [0, 0.05) is 47.0 Å². The minimum Gasteiger partial charge on any atom is -0.477 e. The average Bonchev–Trinajstić information content (AvgIpc) is 3.56. The van der Waals surface area contributed by atoms with E-state index in [9.17, 15) is 4.79 Å². The highest BCUT2D eigenvalue weighted by molar-refractivity contribution is 7.26. The average molecular weight is 529 g/mol. The van der Waals surface area contributed by atoms with Crippen molar-refractivity contribution in [1.29, 1.82) is 5.26 Å². The van der Waals surface area contributed by atoms with E-state index >= 15 is 0 Å². The van der Waals surface area contributed by atoms with E-state index in [0.29, 0.717) is 0 Å². The number of para-hydroxylation sites is 2. The van der Waals surface area contributed by atoms with Gasteiger partial charge >= 0.3 is 5.97 Å². The summed E-state index contributed by atoms with van der Waals surface area (Å²) in [5.74, 6) is -1.22. The number of carbonyl (C=O) groups is 1. The van der Waals surface area contributed by atoms with Crippen LogP contribution in [0.5, 0.6) is 0 Å². The van der Waals surface area contributed by atoms with Crippen LogP contribution in [0.1, 0.15) is 4.88 Å². The molecule has 0 saturated heterocycles. The van der Waals surface area contributed by atoms with Crippen molar-refractivity contribution in [2.45, 2.75) is 0 Å². The molecule has 0 aliphatic heterocycles. The molecule has 6 rings (SSSR count). The van der Waals surface area contributed by atoms with E-state index in [1.165, 1.54) is 37.6 Å². The van der Waals surface area contributed by atoms with Gasteiger partial charge in [-0.3, -0.25) is 0 Å². The van der Waals surface area contributed by atoms with Crippen molar-refractivity contribution in [2.75, 3.05) is 4.90 Å². The lowest BCUT2D eigenvalue weighted by molar-refractivity contribution is -0.132. The lowest BCUT2D eigenvalue weighted by atomic mass is 10.1. The summed E-state index contributed by atoms with van der Waals surface area (Å²) in [7, 11) is 0. The van der Waals surface area contributed by atoms with Gasteiger partial charge in [-0.05, 0) is 66.2 Å². The third-order valence-electron chi connectivity index (χ3n) is 6.29. The van der Waals surface area contributed by atoms with Crippen molar-refractivity contribution in [2.24, 2.45) is 0 Å². The zero-order chi connectivity index (χ0) is 26.1. The van der Waals surface area contributed by atoms with E-state index in [1.807, 2.05) is 24.3 Å². The molecule has 0 radical (unpaired) electrons. The van der Waals surface area contributed by atoms with Gasteiger partial charge in [0.05, 0.1) is 0 Å². The second kappa shape index (κ2) is 9.98. The number of anilines is 3. The Hall–Kier alpha value is -4.70. The van der Waals surface area contributed by atoms with Crippen LogP contribution in [0.2, 0.25) is 0 Å². The Bertz CT molecular complexity index is 1820. The number of carboxylic acid groups (broad SMARTS) is 1. The highest BCUT2D eigenvalue weighted by Crippen LogP contribution is 2.42. The smallest absolute Gasteiger partial charge is 0.346 e. The highest BCUT2D eigenvalue weighted by atomic mass is 32.1. The number of hydrogen-bond donors (Lipinski definition) is 1. The minimum absolute atomic E-state index is 0.269. The van der Waals surface area contributed by atoms with Crippen molar-refractivity contribution in [3.8, 4) is 16.5 Å². The molecule has 4 aromatic carbocycles. The third-order valence-corrected chi connectivity index (χ3v) is 8.49. The largest absolute Gasteiger partial charge is 0.477 e. The fraction of sp³-hybridized carbons (Fsp3) is 0. The van der Waals surface area contributed by atoms with Crippen molar-refractivity contribution in [3.05, 3.63) is 120 Å². The Morgan fingerprint density at radius 1 is 0.737 bits per heavy atom. The zero-order valence-electron chi connectivity index (χ0n) is 20.0. The molecule has 0 atom stereocenters. The molecule has 1 N–H and O–H groups in total. The van der Waals surface area contributed by atoms with Crippen molar-refractivity contribution < 1.29 is 9.90 Å². The summed E-state index contributed by atoms with van der Waals surface area (Å²) in [6, 6.07) is 39.4. The van der Waals surface area contributed by atoms with E-state index in [0.717, 1.165) is 32.4 Å². The Labute approximate surface area is 227 Å². The van der Waals surface area contributed by atoms with Crippen LogP contribution in [0, 0.1) is 11.3 Å². The summed E-state index contributed by atoms with van der Waals surface area (Å²) in [6.07, 6.45) is 1.42. The SMILES string of the molecule is N#C/C(=C\c1ccc(-c2ccc3c(c2)sc2cc(N(c4ccccc4)c4ccccc4)ccc23)s1)C(=O)O. The molecular formula is C32H20N2O2S2. The monoisotopic (exact) mass is 528 g/mol. The maximum Gasteiger partial charge on any atom is 0.346 e. The van der Waals surface area contributed by atoms with Gasteiger partial charge in [-0.25, -0.2) is 4.79 Å². The molecule has 2 heterocycles. The predicted molar refractivity (Wildman–Crippen MR) is 159 cm³/mol. The summed E-state index contributed by atoms with van der Waals surface area (Å²) >= 11 is 3.23. The summed E-state index contributed by atoms with van der Waals surface area (Å²) in [5.41, 5.74) is 4.10. The Balaban J connectivity index is 1.40. The first-order valence-electron chi connectivity index (χ1n) is 11.9. The predicted octanol–water partition coefficient (Wildman–Crippen LogP) is 9.24. The molecule has 6 heteroatoms. The lowest BCUT2D eigenvalue weighted by Crippen LogP contribution is -2.09. The van der Waals surface area contributed by atoms with E-state index in [-0.39, 0.29) is 5.57 Å². The molecule has 0 amide bonds. The summed E-state index contributed by atoms with van der Waals surface area (Å²) in [4.78, 5) is 15.2. The summed E-state index contributed by atoms with van der Waals surface area (Å²) in [6.45, 7) is 0. The Kier molecular flexibility index (Phi) is 6.22. The number of carboxylic acids is 1. The van der Waals surface area contributed by atoms with Crippen molar-refractivity contribution in [3.63, 3.8) is 0 Å². The van der Waals surface area contributed by atoms with Crippen LogP contribution in [0.4, 0.5) is 17.1 Å². The van der Waals surface area contributed by atoms with E-state index < -0.39 is 5.97 Å². The van der Waals surface area contributed by atoms with Gasteiger partial charge in [0.2, 0.25) is 0 Å². The molecule has 0 bridgehead atoms. The molecule has 0 saturated carbocycles. The number of aliphatic carboxylic acids is 1. The van der Waals surface area contributed by atoms with Crippen LogP contribution < -0.4 is 4.90 Å². The van der Waals surface area contributed by atoms with Crippen molar-refractivity contribution >= 4 is 72.0 Å². The molecule has 6 aromatic rings. The second-order valence-electron chi connectivity index (χ2n) is 8.68. The van der Waals surface area contributed by atoms with E-state index in [4.69, 9.17) is 10.4 Å². The quantitative estimate of drug-likeness (QED) is 0.173. The second-order valence-corrected chi connectivity index (χ2v) is 10.9. The first-order valence-corrected chi connectivity index (χ1v) is 13.6. The molecule has 38 heavy (non-hydrogen) atoms. The van der Waals surface area contributed by atoms with Crippen LogP contribution >= 0.6 is 22.7 Å². The van der Waals surface area contributed by atoms with Gasteiger partial charge in [-0.2, -0.15) is 5.26 Å². The number of nitrogens with zero attached hydrogens (tertiary/aromatic N) is 2. The molecule has 0 aliphatic carbocycles. The number of nitriles is 1. The molecule has 0 aliphatic rings. The first-order chi connectivity index (χ1) is 18.6. The number of fused-ring (bicyclic) bond motifs is 3. The van der Waals surface area contributed by atoms with Crippen LogP contribution in [-0.2, 0) is 4.79 Å². The maximum absolute atomic E-state index is 11.2. The van der Waals surface area contributed by atoms with E-state index in [1.54, 1.807) is 17.4 Å². The molecule has 182 valence electrons. The van der Waals surface area contributed by atoms with Crippen LogP contribution in [0.15, 0.2) is 115 Å². The van der Waals surface area contributed by atoms with Crippen LogP contribution in [-0.4, -0.2) is 11.1 Å². The van der Waals surface area contributed by atoms with Crippen LogP contribution in [0.3, 0.4) is 0 Å². The topological polar surface area (TPSA) is 64.3 Å². The fourth-order valence-corrected chi connectivity index (χ4v) is 6.66. The van der Waals surface area contributed by atoms with Gasteiger partial charge in [0.25, 0.3) is 0 Å². The minimum atomic E-state index is -1.22. The van der Waals surface area contributed by atoms with Gasteiger partial charge in [-0.15, -0.1) is 22.7 Å². The number of rotatable bonds is 6. The van der Waals surface area contributed by atoms with Gasteiger partial charge in [-0.1, -0.05) is 54.6 Å². The first kappa shape index (κ1) is 23.7. The fourth-order valence-electron chi connectivity index (χ4n) is 4.53. The zero-order valence-corrected chi connectivity index (χ0v) is 21.7. The standard InChI is InChI=1S/C32H20N2O2S2/c33-20-22(32(35)36)17-26-13-16-29(37-26)21-11-14-27-28-15-12-25(19-31(28)38-30(27)18-21)34(23-7-3-1-4-8-23)24-9-5-2-6-10-24/h1-19H,(H,35,36)/b22-17+. The van der Waals surface area contributed by atoms with Crippen molar-refractivity contribution in [1.82, 2.24) is 0 Å². The van der Waals surface area contributed by atoms with E-state index in [2.05, 4.69) is 89.8 Å². The Morgan fingerprint density at radius 2 is 1.37 bits per heavy atom. The Morgan fingerprint density at radius 3 is 2.00 bits per heavy atom.